The average Bonchev–Trinajstić information content (AvgIpc) is 2.77. The average molecular weight is 264 g/mol. The highest BCUT2D eigenvalue weighted by Gasteiger charge is 2.15. The molecule has 0 spiro atoms. The van der Waals surface area contributed by atoms with Gasteiger partial charge in [0.15, 0.2) is 0 Å². The van der Waals surface area contributed by atoms with Gasteiger partial charge in [-0.15, -0.1) is 0 Å². The number of hydrogen-bond donors (Lipinski definition) is 2. The van der Waals surface area contributed by atoms with E-state index >= 15 is 0 Å². The number of fused-ring (bicyclic) bond motifs is 1. The van der Waals surface area contributed by atoms with Crippen LogP contribution in [0.2, 0.25) is 0 Å². The van der Waals surface area contributed by atoms with Crippen LogP contribution >= 0.6 is 0 Å². The van der Waals surface area contributed by atoms with Crippen molar-refractivity contribution in [3.8, 4) is 0 Å². The fourth-order valence-corrected chi connectivity index (χ4v) is 1.79. The summed E-state index contributed by atoms with van der Waals surface area (Å²) in [5, 5.41) is 9.30. The molecule has 5 nitrogen and oxygen atoms in total. The lowest BCUT2D eigenvalue weighted by Crippen LogP contribution is -2.29. The first-order valence-corrected chi connectivity index (χ1v) is 5.73. The Balaban J connectivity index is 2.19. The Kier molecular flexibility index (Phi) is 3.50. The minimum Gasteiger partial charge on any atom is -0.481 e. The lowest BCUT2D eigenvalue weighted by Gasteiger charge is -2.14. The first-order chi connectivity index (χ1) is 8.97. The number of halogens is 1. The minimum atomic E-state index is -0.960. The fraction of sp³-hybridized carbons (Fsp3) is 0.231. The molecule has 0 saturated carbocycles. The van der Waals surface area contributed by atoms with Crippen LogP contribution in [0.25, 0.3) is 10.9 Å². The summed E-state index contributed by atoms with van der Waals surface area (Å²) in [5.74, 6) is -1.66. The van der Waals surface area contributed by atoms with E-state index in [2.05, 4.69) is 4.98 Å². The maximum absolute atomic E-state index is 13.0. The molecule has 0 fully saturated rings. The van der Waals surface area contributed by atoms with Crippen LogP contribution in [0.4, 0.5) is 4.39 Å². The molecular weight excluding hydrogens is 251 g/mol. The van der Waals surface area contributed by atoms with E-state index < -0.39 is 5.97 Å². The molecule has 1 aromatic heterocycles. The van der Waals surface area contributed by atoms with Gasteiger partial charge in [-0.3, -0.25) is 9.59 Å². The van der Waals surface area contributed by atoms with E-state index in [1.54, 1.807) is 12.1 Å². The second kappa shape index (κ2) is 5.09. The number of carboxylic acids is 1. The summed E-state index contributed by atoms with van der Waals surface area (Å²) in [6.45, 7) is 0.123. The third kappa shape index (κ3) is 2.90. The maximum atomic E-state index is 13.0. The molecular formula is C13H13FN2O3. The zero-order chi connectivity index (χ0) is 14.0. The lowest BCUT2D eigenvalue weighted by atomic mass is 10.2. The molecule has 0 unspecified atom stereocenters. The van der Waals surface area contributed by atoms with Gasteiger partial charge < -0.3 is 15.0 Å². The summed E-state index contributed by atoms with van der Waals surface area (Å²) >= 11 is 0. The van der Waals surface area contributed by atoms with Crippen LogP contribution < -0.4 is 0 Å². The van der Waals surface area contributed by atoms with Crippen molar-refractivity contribution >= 4 is 22.8 Å². The summed E-state index contributed by atoms with van der Waals surface area (Å²) in [4.78, 5) is 26.6. The van der Waals surface area contributed by atoms with Gasteiger partial charge in [0.2, 0.25) is 0 Å². The van der Waals surface area contributed by atoms with Gasteiger partial charge >= 0.3 is 5.97 Å². The van der Waals surface area contributed by atoms with Crippen molar-refractivity contribution in [2.45, 2.75) is 6.42 Å². The van der Waals surface area contributed by atoms with Crippen LogP contribution in [0.5, 0.6) is 0 Å². The topological polar surface area (TPSA) is 73.4 Å². The molecule has 2 rings (SSSR count). The number of rotatable bonds is 4. The number of carboxylic acid groups (broad SMARTS) is 1. The van der Waals surface area contributed by atoms with Crippen molar-refractivity contribution < 1.29 is 19.1 Å². The van der Waals surface area contributed by atoms with E-state index in [0.29, 0.717) is 11.2 Å². The van der Waals surface area contributed by atoms with E-state index in [9.17, 15) is 14.0 Å². The Morgan fingerprint density at radius 2 is 2.11 bits per heavy atom. The highest BCUT2D eigenvalue weighted by molar-refractivity contribution is 5.98. The number of H-pyrrole nitrogens is 1. The number of carbonyl (C=O) groups is 2. The van der Waals surface area contributed by atoms with Crippen LogP contribution in [-0.2, 0) is 4.79 Å². The fourth-order valence-electron chi connectivity index (χ4n) is 1.79. The maximum Gasteiger partial charge on any atom is 0.305 e. The molecule has 0 saturated heterocycles. The lowest BCUT2D eigenvalue weighted by molar-refractivity contribution is -0.137. The van der Waals surface area contributed by atoms with E-state index in [1.807, 2.05) is 0 Å². The molecule has 0 aliphatic rings. The smallest absolute Gasteiger partial charge is 0.305 e. The zero-order valence-corrected chi connectivity index (χ0v) is 10.3. The van der Waals surface area contributed by atoms with Gasteiger partial charge in [-0.05, 0) is 24.3 Å². The highest BCUT2D eigenvalue weighted by Crippen LogP contribution is 2.17. The SMILES string of the molecule is CN(CCC(=O)O)C(=O)c1cc2ccc(F)cc2[nH]1. The summed E-state index contributed by atoms with van der Waals surface area (Å²) in [6.07, 6.45) is -0.114. The number of hydrogen-bond acceptors (Lipinski definition) is 2. The van der Waals surface area contributed by atoms with Crippen molar-refractivity contribution in [3.05, 3.63) is 35.8 Å². The molecule has 2 N–H and O–H groups in total. The van der Waals surface area contributed by atoms with Crippen molar-refractivity contribution in [1.82, 2.24) is 9.88 Å². The second-order valence-corrected chi connectivity index (χ2v) is 4.29. The first kappa shape index (κ1) is 13.1. The van der Waals surface area contributed by atoms with Crippen LogP contribution in [-0.4, -0.2) is 40.5 Å². The molecule has 19 heavy (non-hydrogen) atoms. The Bertz CT molecular complexity index is 636. The number of aromatic amines is 1. The quantitative estimate of drug-likeness (QED) is 0.885. The van der Waals surface area contributed by atoms with Crippen molar-refractivity contribution in [2.75, 3.05) is 13.6 Å². The van der Waals surface area contributed by atoms with Gasteiger partial charge in [-0.2, -0.15) is 0 Å². The Hall–Kier alpha value is -2.37. The number of aromatic nitrogens is 1. The summed E-state index contributed by atoms with van der Waals surface area (Å²) in [5.41, 5.74) is 0.850. The monoisotopic (exact) mass is 264 g/mol. The van der Waals surface area contributed by atoms with Crippen molar-refractivity contribution in [2.24, 2.45) is 0 Å². The summed E-state index contributed by atoms with van der Waals surface area (Å²) in [6, 6.07) is 5.82. The van der Waals surface area contributed by atoms with E-state index in [4.69, 9.17) is 5.11 Å². The second-order valence-electron chi connectivity index (χ2n) is 4.29. The van der Waals surface area contributed by atoms with E-state index in [0.717, 1.165) is 5.39 Å². The van der Waals surface area contributed by atoms with E-state index in [-0.39, 0.29) is 24.7 Å². The Morgan fingerprint density at radius 3 is 2.79 bits per heavy atom. The van der Waals surface area contributed by atoms with E-state index in [1.165, 1.54) is 24.1 Å². The molecule has 0 bridgehead atoms. The molecule has 0 radical (unpaired) electrons. The number of nitrogens with zero attached hydrogens (tertiary/aromatic N) is 1. The first-order valence-electron chi connectivity index (χ1n) is 5.73. The largest absolute Gasteiger partial charge is 0.481 e. The predicted octanol–water partition coefficient (Wildman–Crippen LogP) is 1.85. The number of amides is 1. The summed E-state index contributed by atoms with van der Waals surface area (Å²) in [7, 11) is 1.53. The number of nitrogens with one attached hydrogen (secondary N) is 1. The summed E-state index contributed by atoms with van der Waals surface area (Å²) < 4.78 is 13.0. The molecule has 1 amide bonds. The van der Waals surface area contributed by atoms with Gasteiger partial charge in [-0.25, -0.2) is 4.39 Å². The van der Waals surface area contributed by atoms with Gasteiger partial charge in [0.1, 0.15) is 11.5 Å². The normalized spacial score (nSPS) is 10.6. The molecule has 1 heterocycles. The third-order valence-electron chi connectivity index (χ3n) is 2.82. The zero-order valence-electron chi connectivity index (χ0n) is 10.3. The van der Waals surface area contributed by atoms with Gasteiger partial charge in [0.05, 0.1) is 6.42 Å². The highest BCUT2D eigenvalue weighted by atomic mass is 19.1. The number of benzene rings is 1. The van der Waals surface area contributed by atoms with Gasteiger partial charge in [0.25, 0.3) is 5.91 Å². The molecule has 0 atom stereocenters. The van der Waals surface area contributed by atoms with Gasteiger partial charge in [-0.1, -0.05) is 0 Å². The molecule has 6 heteroatoms. The van der Waals surface area contributed by atoms with Crippen molar-refractivity contribution in [1.29, 1.82) is 0 Å². The minimum absolute atomic E-state index is 0.114. The standard InChI is InChI=1S/C13H13FN2O3/c1-16(5-4-12(17)18)13(19)11-6-8-2-3-9(14)7-10(8)15-11/h2-3,6-7,15H,4-5H2,1H3,(H,17,18). The molecule has 0 aliphatic carbocycles. The third-order valence-corrected chi connectivity index (χ3v) is 2.82. The number of carbonyl (C=O) groups excluding carboxylic acids is 1. The number of aliphatic carboxylic acids is 1. The van der Waals surface area contributed by atoms with Crippen LogP contribution in [0.15, 0.2) is 24.3 Å². The molecule has 1 aromatic carbocycles. The van der Waals surface area contributed by atoms with Crippen LogP contribution in [0.1, 0.15) is 16.9 Å². The molecule has 2 aromatic rings. The van der Waals surface area contributed by atoms with Crippen LogP contribution in [0, 0.1) is 5.82 Å². The van der Waals surface area contributed by atoms with Crippen LogP contribution in [0.3, 0.4) is 0 Å². The molecule has 100 valence electrons. The Morgan fingerprint density at radius 1 is 1.37 bits per heavy atom. The predicted molar refractivity (Wildman–Crippen MR) is 67.5 cm³/mol. The molecule has 0 aliphatic heterocycles. The van der Waals surface area contributed by atoms with Gasteiger partial charge in [0, 0.05) is 24.5 Å². The van der Waals surface area contributed by atoms with Crippen molar-refractivity contribution in [3.63, 3.8) is 0 Å². The Labute approximate surface area is 108 Å².